The number of halogens is 2. The molecule has 0 unspecified atom stereocenters. The first-order valence-corrected chi connectivity index (χ1v) is 5.74. The molecule has 0 aliphatic carbocycles. The molecular formula is C7H8Br2N2O2. The van der Waals surface area contributed by atoms with Crippen LogP contribution in [0.1, 0.15) is 6.42 Å². The average molecular weight is 312 g/mol. The molecule has 2 heterocycles. The predicted molar refractivity (Wildman–Crippen MR) is 56.8 cm³/mol. The molecule has 0 amide bonds. The van der Waals surface area contributed by atoms with Crippen molar-refractivity contribution >= 4 is 43.7 Å². The highest BCUT2D eigenvalue weighted by Gasteiger charge is 2.22. The number of nitrogens with zero attached hydrogens (tertiary/aromatic N) is 2. The lowest BCUT2D eigenvalue weighted by Gasteiger charge is -2.00. The van der Waals surface area contributed by atoms with Crippen molar-refractivity contribution in [2.75, 3.05) is 13.2 Å². The summed E-state index contributed by atoms with van der Waals surface area (Å²) in [5, 5.41) is 0. The molecular weight excluding hydrogens is 304 g/mol. The van der Waals surface area contributed by atoms with E-state index in [1.54, 1.807) is 0 Å². The van der Waals surface area contributed by atoms with Gasteiger partial charge in [-0.25, -0.2) is 9.98 Å². The van der Waals surface area contributed by atoms with E-state index in [4.69, 9.17) is 9.47 Å². The molecule has 0 aromatic carbocycles. The minimum atomic E-state index is 0.0873. The van der Waals surface area contributed by atoms with Crippen LogP contribution < -0.4 is 0 Å². The zero-order valence-electron chi connectivity index (χ0n) is 6.74. The van der Waals surface area contributed by atoms with Crippen LogP contribution in [0.2, 0.25) is 0 Å². The first-order chi connectivity index (χ1) is 6.24. The molecule has 4 nitrogen and oxygen atoms in total. The van der Waals surface area contributed by atoms with Crippen LogP contribution in [-0.4, -0.2) is 34.9 Å². The number of alkyl halides is 2. The van der Waals surface area contributed by atoms with Gasteiger partial charge in [-0.05, 0) is 0 Å². The summed E-state index contributed by atoms with van der Waals surface area (Å²) < 4.78 is 10.6. The maximum absolute atomic E-state index is 5.29. The number of aliphatic imine (C=N–C) groups is 2. The minimum absolute atomic E-state index is 0.0873. The fourth-order valence-corrected chi connectivity index (χ4v) is 1.84. The summed E-state index contributed by atoms with van der Waals surface area (Å²) in [7, 11) is 0. The van der Waals surface area contributed by atoms with E-state index in [2.05, 4.69) is 41.8 Å². The van der Waals surface area contributed by atoms with Gasteiger partial charge in [-0.1, -0.05) is 31.9 Å². The summed E-state index contributed by atoms with van der Waals surface area (Å²) in [6.07, 6.45) is 0.560. The van der Waals surface area contributed by atoms with E-state index in [1.807, 2.05) is 0 Å². The van der Waals surface area contributed by atoms with Crippen molar-refractivity contribution in [1.29, 1.82) is 0 Å². The van der Waals surface area contributed by atoms with E-state index in [0.29, 0.717) is 31.4 Å². The van der Waals surface area contributed by atoms with Gasteiger partial charge < -0.3 is 9.47 Å². The standard InChI is InChI=1S/C7H8Br2N2O2/c8-4-2-12-6(10-4)1-7-11-5(9)3-13-7/h4-5H,1-3H2/t4-,5-/m0/s1. The van der Waals surface area contributed by atoms with Crippen molar-refractivity contribution in [2.45, 2.75) is 16.3 Å². The zero-order valence-corrected chi connectivity index (χ0v) is 9.91. The van der Waals surface area contributed by atoms with Crippen molar-refractivity contribution in [3.05, 3.63) is 0 Å². The first-order valence-electron chi connectivity index (χ1n) is 3.91. The minimum Gasteiger partial charge on any atom is -0.477 e. The number of hydrogen-bond donors (Lipinski definition) is 0. The highest BCUT2D eigenvalue weighted by Crippen LogP contribution is 2.16. The van der Waals surface area contributed by atoms with Crippen LogP contribution in [0.15, 0.2) is 9.98 Å². The Kier molecular flexibility index (Phi) is 2.88. The Balaban J connectivity index is 1.92. The van der Waals surface area contributed by atoms with E-state index in [1.165, 1.54) is 0 Å². The van der Waals surface area contributed by atoms with Crippen LogP contribution in [-0.2, 0) is 9.47 Å². The maximum Gasteiger partial charge on any atom is 0.194 e. The molecule has 0 fully saturated rings. The SMILES string of the molecule is Br[C@@H]1COC(CC2=N[C@H](Br)CO2)=N1. The molecule has 2 rings (SSSR count). The number of hydrogen-bond acceptors (Lipinski definition) is 4. The number of ether oxygens (including phenoxy) is 2. The lowest BCUT2D eigenvalue weighted by atomic mass is 10.4. The molecule has 0 saturated heterocycles. The Morgan fingerprint density at radius 1 is 1.08 bits per heavy atom. The van der Waals surface area contributed by atoms with Gasteiger partial charge in [0, 0.05) is 0 Å². The fourth-order valence-electron chi connectivity index (χ4n) is 1.11. The second kappa shape index (κ2) is 3.96. The molecule has 0 radical (unpaired) electrons. The molecule has 0 bridgehead atoms. The van der Waals surface area contributed by atoms with Gasteiger partial charge in [-0.15, -0.1) is 0 Å². The van der Waals surface area contributed by atoms with E-state index >= 15 is 0 Å². The third kappa shape index (κ3) is 2.43. The zero-order chi connectivity index (χ0) is 9.26. The Bertz CT molecular complexity index is 241. The van der Waals surface area contributed by atoms with Crippen LogP contribution in [0.25, 0.3) is 0 Å². The molecule has 13 heavy (non-hydrogen) atoms. The molecule has 0 N–H and O–H groups in total. The number of rotatable bonds is 2. The van der Waals surface area contributed by atoms with Gasteiger partial charge in [-0.2, -0.15) is 0 Å². The molecule has 2 atom stereocenters. The normalized spacial score (nSPS) is 32.2. The summed E-state index contributed by atoms with van der Waals surface area (Å²) in [5.74, 6) is 1.39. The van der Waals surface area contributed by atoms with Crippen molar-refractivity contribution in [1.82, 2.24) is 0 Å². The second-order valence-electron chi connectivity index (χ2n) is 2.71. The summed E-state index contributed by atoms with van der Waals surface area (Å²) in [6.45, 7) is 1.20. The third-order valence-electron chi connectivity index (χ3n) is 1.65. The monoisotopic (exact) mass is 310 g/mol. The lowest BCUT2D eigenvalue weighted by Crippen LogP contribution is -2.08. The molecule has 0 spiro atoms. The largest absolute Gasteiger partial charge is 0.477 e. The topological polar surface area (TPSA) is 43.2 Å². The molecule has 2 aliphatic heterocycles. The van der Waals surface area contributed by atoms with E-state index in [0.717, 1.165) is 0 Å². The van der Waals surface area contributed by atoms with Gasteiger partial charge in [0.05, 0.1) is 6.42 Å². The van der Waals surface area contributed by atoms with Crippen LogP contribution in [0.4, 0.5) is 0 Å². The Hall–Kier alpha value is -0.100. The van der Waals surface area contributed by atoms with E-state index in [9.17, 15) is 0 Å². The lowest BCUT2D eigenvalue weighted by molar-refractivity contribution is 0.320. The van der Waals surface area contributed by atoms with E-state index < -0.39 is 0 Å². The molecule has 72 valence electrons. The Labute approximate surface area is 92.7 Å². The highest BCUT2D eigenvalue weighted by molar-refractivity contribution is 9.09. The summed E-state index contributed by atoms with van der Waals surface area (Å²) in [4.78, 5) is 8.60. The molecule has 0 aromatic rings. The molecule has 2 aliphatic rings. The summed E-state index contributed by atoms with van der Waals surface area (Å²) in [6, 6.07) is 0. The van der Waals surface area contributed by atoms with Gasteiger partial charge >= 0.3 is 0 Å². The van der Waals surface area contributed by atoms with E-state index in [-0.39, 0.29) is 9.90 Å². The van der Waals surface area contributed by atoms with Gasteiger partial charge in [0.2, 0.25) is 0 Å². The van der Waals surface area contributed by atoms with Crippen LogP contribution >= 0.6 is 31.9 Å². The Morgan fingerprint density at radius 3 is 1.85 bits per heavy atom. The third-order valence-corrected chi connectivity index (χ3v) is 2.58. The van der Waals surface area contributed by atoms with Gasteiger partial charge in [0.15, 0.2) is 11.8 Å². The quantitative estimate of drug-likeness (QED) is 0.575. The summed E-state index contributed by atoms with van der Waals surface area (Å²) in [5.41, 5.74) is 0. The average Bonchev–Trinajstić information content (AvgIpc) is 2.62. The van der Waals surface area contributed by atoms with Crippen LogP contribution in [0, 0.1) is 0 Å². The molecule has 0 saturated carbocycles. The molecule has 0 aromatic heterocycles. The molecule has 6 heteroatoms. The maximum atomic E-state index is 5.29. The van der Waals surface area contributed by atoms with Gasteiger partial charge in [-0.3, -0.25) is 0 Å². The predicted octanol–water partition coefficient (Wildman–Crippen LogP) is 1.68. The van der Waals surface area contributed by atoms with Crippen molar-refractivity contribution in [3.8, 4) is 0 Å². The Morgan fingerprint density at radius 2 is 1.54 bits per heavy atom. The highest BCUT2D eigenvalue weighted by atomic mass is 79.9. The van der Waals surface area contributed by atoms with Gasteiger partial charge in [0.25, 0.3) is 0 Å². The van der Waals surface area contributed by atoms with Crippen molar-refractivity contribution in [2.24, 2.45) is 9.98 Å². The van der Waals surface area contributed by atoms with Crippen LogP contribution in [0.5, 0.6) is 0 Å². The van der Waals surface area contributed by atoms with Crippen LogP contribution in [0.3, 0.4) is 0 Å². The fraction of sp³-hybridized carbons (Fsp3) is 0.714. The second-order valence-corrected chi connectivity index (χ2v) is 4.83. The van der Waals surface area contributed by atoms with Gasteiger partial charge in [0.1, 0.15) is 23.1 Å². The summed E-state index contributed by atoms with van der Waals surface area (Å²) >= 11 is 6.67. The first kappa shape index (κ1) is 9.45. The van der Waals surface area contributed by atoms with Crippen molar-refractivity contribution < 1.29 is 9.47 Å². The van der Waals surface area contributed by atoms with Crippen molar-refractivity contribution in [3.63, 3.8) is 0 Å². The smallest absolute Gasteiger partial charge is 0.194 e.